The number of rotatable bonds is 7. The van der Waals surface area contributed by atoms with E-state index < -0.39 is 5.97 Å². The summed E-state index contributed by atoms with van der Waals surface area (Å²) in [5, 5.41) is 5.55. The first kappa shape index (κ1) is 20.8. The van der Waals surface area contributed by atoms with E-state index in [2.05, 4.69) is 10.6 Å². The summed E-state index contributed by atoms with van der Waals surface area (Å²) in [4.78, 5) is 36.4. The first-order valence-corrected chi connectivity index (χ1v) is 9.54. The number of anilines is 1. The Kier molecular flexibility index (Phi) is 6.95. The summed E-state index contributed by atoms with van der Waals surface area (Å²) >= 11 is 0. The summed E-state index contributed by atoms with van der Waals surface area (Å²) in [5.74, 6) is -0.561. The van der Waals surface area contributed by atoms with Gasteiger partial charge in [0.25, 0.3) is 11.8 Å². The second-order valence-corrected chi connectivity index (χ2v) is 6.76. The average molecular weight is 402 g/mol. The Morgan fingerprint density at radius 1 is 0.767 bits per heavy atom. The van der Waals surface area contributed by atoms with Crippen LogP contribution in [0.3, 0.4) is 0 Å². The lowest BCUT2D eigenvalue weighted by Gasteiger charge is -2.13. The lowest BCUT2D eigenvalue weighted by Crippen LogP contribution is -2.35. The van der Waals surface area contributed by atoms with Gasteiger partial charge in [-0.3, -0.25) is 14.4 Å². The number of carbonyl (C=O) groups is 3. The molecule has 0 fully saturated rings. The van der Waals surface area contributed by atoms with Gasteiger partial charge in [-0.05, 0) is 55.5 Å². The van der Waals surface area contributed by atoms with Crippen molar-refractivity contribution in [3.05, 3.63) is 96.1 Å². The summed E-state index contributed by atoms with van der Waals surface area (Å²) in [7, 11) is 0. The van der Waals surface area contributed by atoms with Gasteiger partial charge < -0.3 is 15.4 Å². The Morgan fingerprint density at radius 2 is 1.30 bits per heavy atom. The maximum Gasteiger partial charge on any atom is 0.313 e. The van der Waals surface area contributed by atoms with Crippen molar-refractivity contribution in [3.8, 4) is 5.75 Å². The third kappa shape index (κ3) is 6.04. The molecular formula is C24H22N2O4. The zero-order valence-corrected chi connectivity index (χ0v) is 16.5. The van der Waals surface area contributed by atoms with E-state index in [0.717, 1.165) is 0 Å². The molecule has 2 N–H and O–H groups in total. The molecule has 0 saturated heterocycles. The third-order valence-corrected chi connectivity index (χ3v) is 4.27. The Balaban J connectivity index is 1.48. The van der Waals surface area contributed by atoms with Crippen molar-refractivity contribution in [2.45, 2.75) is 19.4 Å². The van der Waals surface area contributed by atoms with Crippen LogP contribution in [0, 0.1) is 0 Å². The molecule has 0 heterocycles. The largest absolute Gasteiger partial charge is 0.426 e. The highest BCUT2D eigenvalue weighted by molar-refractivity contribution is 6.04. The minimum absolute atomic E-state index is 0.0328. The SMILES string of the molecule is CC(CC(=O)Oc1ccc(NC(=O)c2ccccc2)cc1)NC(=O)c1ccccc1. The van der Waals surface area contributed by atoms with Crippen molar-refractivity contribution in [2.24, 2.45) is 0 Å². The topological polar surface area (TPSA) is 84.5 Å². The molecule has 0 aliphatic rings. The summed E-state index contributed by atoms with van der Waals surface area (Å²) in [5.41, 5.74) is 1.68. The predicted molar refractivity (Wildman–Crippen MR) is 114 cm³/mol. The molecule has 0 bridgehead atoms. The molecule has 1 unspecified atom stereocenters. The van der Waals surface area contributed by atoms with Crippen molar-refractivity contribution in [3.63, 3.8) is 0 Å². The number of amides is 2. The van der Waals surface area contributed by atoms with Crippen molar-refractivity contribution < 1.29 is 19.1 Å². The van der Waals surface area contributed by atoms with Crippen LogP contribution in [0.5, 0.6) is 5.75 Å². The predicted octanol–water partition coefficient (Wildman–Crippen LogP) is 4.05. The van der Waals surface area contributed by atoms with Crippen molar-refractivity contribution in [1.29, 1.82) is 0 Å². The Morgan fingerprint density at radius 3 is 1.87 bits per heavy atom. The molecule has 6 heteroatoms. The van der Waals surface area contributed by atoms with E-state index >= 15 is 0 Å². The standard InChI is InChI=1S/C24H22N2O4/c1-17(25-23(28)18-8-4-2-5-9-18)16-22(27)30-21-14-12-20(13-15-21)26-24(29)19-10-6-3-7-11-19/h2-15,17H,16H2,1H3,(H,25,28)(H,26,29). The molecule has 0 aromatic heterocycles. The Bertz CT molecular complexity index is 1000. The Labute approximate surface area is 174 Å². The van der Waals surface area contributed by atoms with Gasteiger partial charge >= 0.3 is 5.97 Å². The van der Waals surface area contributed by atoms with Gasteiger partial charge in [-0.25, -0.2) is 0 Å². The van der Waals surface area contributed by atoms with Gasteiger partial charge in [0.15, 0.2) is 0 Å². The van der Waals surface area contributed by atoms with Gasteiger partial charge in [0, 0.05) is 22.9 Å². The number of carbonyl (C=O) groups excluding carboxylic acids is 3. The number of hydrogen-bond donors (Lipinski definition) is 2. The maximum atomic E-state index is 12.2. The lowest BCUT2D eigenvalue weighted by atomic mass is 10.2. The van der Waals surface area contributed by atoms with E-state index in [0.29, 0.717) is 22.6 Å². The monoisotopic (exact) mass is 402 g/mol. The minimum Gasteiger partial charge on any atom is -0.426 e. The molecule has 3 aromatic rings. The van der Waals surface area contributed by atoms with Gasteiger partial charge in [0.05, 0.1) is 6.42 Å². The zero-order valence-electron chi connectivity index (χ0n) is 16.5. The highest BCUT2D eigenvalue weighted by Crippen LogP contribution is 2.17. The first-order valence-electron chi connectivity index (χ1n) is 9.54. The van der Waals surface area contributed by atoms with E-state index in [1.165, 1.54) is 0 Å². The Hall–Kier alpha value is -3.93. The van der Waals surface area contributed by atoms with Crippen LogP contribution in [0.25, 0.3) is 0 Å². The van der Waals surface area contributed by atoms with Gasteiger partial charge in [-0.2, -0.15) is 0 Å². The van der Waals surface area contributed by atoms with E-state index in [1.54, 1.807) is 79.7 Å². The average Bonchev–Trinajstić information content (AvgIpc) is 2.76. The molecule has 0 aliphatic heterocycles. The fourth-order valence-electron chi connectivity index (χ4n) is 2.77. The van der Waals surface area contributed by atoms with Gasteiger partial charge in [0.1, 0.15) is 5.75 Å². The van der Waals surface area contributed by atoms with Crippen LogP contribution < -0.4 is 15.4 Å². The fourth-order valence-corrected chi connectivity index (χ4v) is 2.77. The van der Waals surface area contributed by atoms with E-state index in [4.69, 9.17) is 4.74 Å². The first-order chi connectivity index (χ1) is 14.5. The van der Waals surface area contributed by atoms with Crippen molar-refractivity contribution in [1.82, 2.24) is 5.32 Å². The molecule has 30 heavy (non-hydrogen) atoms. The normalized spacial score (nSPS) is 11.2. The van der Waals surface area contributed by atoms with Crippen LogP contribution in [-0.2, 0) is 4.79 Å². The summed E-state index contributed by atoms with van der Waals surface area (Å²) < 4.78 is 5.31. The smallest absolute Gasteiger partial charge is 0.313 e. The number of benzene rings is 3. The van der Waals surface area contributed by atoms with Crippen LogP contribution >= 0.6 is 0 Å². The van der Waals surface area contributed by atoms with Crippen LogP contribution in [0.4, 0.5) is 5.69 Å². The molecule has 1 atom stereocenters. The second-order valence-electron chi connectivity index (χ2n) is 6.76. The summed E-state index contributed by atoms with van der Waals surface area (Å²) in [6.07, 6.45) is 0.0328. The molecule has 0 spiro atoms. The molecule has 3 rings (SSSR count). The van der Waals surface area contributed by atoms with Gasteiger partial charge in [-0.15, -0.1) is 0 Å². The molecule has 6 nitrogen and oxygen atoms in total. The van der Waals surface area contributed by atoms with Gasteiger partial charge in [-0.1, -0.05) is 36.4 Å². The molecule has 0 saturated carbocycles. The van der Waals surface area contributed by atoms with Crippen LogP contribution in [0.2, 0.25) is 0 Å². The molecule has 3 aromatic carbocycles. The second kappa shape index (κ2) is 10.0. The van der Waals surface area contributed by atoms with Gasteiger partial charge in [0.2, 0.25) is 0 Å². The van der Waals surface area contributed by atoms with E-state index in [-0.39, 0.29) is 24.3 Å². The summed E-state index contributed by atoms with van der Waals surface area (Å²) in [6.45, 7) is 1.74. The van der Waals surface area contributed by atoms with E-state index in [1.807, 2.05) is 12.1 Å². The van der Waals surface area contributed by atoms with Crippen LogP contribution in [0.1, 0.15) is 34.1 Å². The molecule has 2 amide bonds. The molecule has 0 aliphatic carbocycles. The number of nitrogens with one attached hydrogen (secondary N) is 2. The minimum atomic E-state index is -0.461. The quantitative estimate of drug-likeness (QED) is 0.461. The van der Waals surface area contributed by atoms with Crippen LogP contribution in [0.15, 0.2) is 84.9 Å². The lowest BCUT2D eigenvalue weighted by molar-refractivity contribution is -0.134. The maximum absolute atomic E-state index is 12.2. The van der Waals surface area contributed by atoms with E-state index in [9.17, 15) is 14.4 Å². The zero-order chi connectivity index (χ0) is 21.3. The van der Waals surface area contributed by atoms with Crippen molar-refractivity contribution >= 4 is 23.5 Å². The third-order valence-electron chi connectivity index (χ3n) is 4.27. The van der Waals surface area contributed by atoms with Crippen LogP contribution in [-0.4, -0.2) is 23.8 Å². The number of hydrogen-bond acceptors (Lipinski definition) is 4. The highest BCUT2D eigenvalue weighted by atomic mass is 16.5. The number of ether oxygens (including phenoxy) is 1. The fraction of sp³-hybridized carbons (Fsp3) is 0.125. The highest BCUT2D eigenvalue weighted by Gasteiger charge is 2.15. The number of esters is 1. The molecule has 152 valence electrons. The molecular weight excluding hydrogens is 380 g/mol. The molecule has 0 radical (unpaired) electrons. The summed E-state index contributed by atoms with van der Waals surface area (Å²) in [6, 6.07) is 23.8. The van der Waals surface area contributed by atoms with Crippen molar-refractivity contribution in [2.75, 3.05) is 5.32 Å².